The van der Waals surface area contributed by atoms with Gasteiger partial charge in [0.05, 0.1) is 11.5 Å². The first-order valence-corrected chi connectivity index (χ1v) is 7.82. The molecule has 1 N–H and O–H groups in total. The summed E-state index contributed by atoms with van der Waals surface area (Å²) in [5, 5.41) is 3.36. The highest BCUT2D eigenvalue weighted by atomic mass is 32.2. The molecule has 2 rings (SSSR count). The summed E-state index contributed by atoms with van der Waals surface area (Å²) in [6.45, 7) is 0. The van der Waals surface area contributed by atoms with Crippen molar-refractivity contribution in [2.24, 2.45) is 11.8 Å². The van der Waals surface area contributed by atoms with Crippen molar-refractivity contribution in [2.45, 2.75) is 38.1 Å². The Kier molecular flexibility index (Phi) is 3.36. The summed E-state index contributed by atoms with van der Waals surface area (Å²) in [7, 11) is -0.740. The van der Waals surface area contributed by atoms with Crippen LogP contribution in [0.4, 0.5) is 0 Å². The lowest BCUT2D eigenvalue weighted by Gasteiger charge is -2.27. The highest BCUT2D eigenvalue weighted by Crippen LogP contribution is 2.34. The van der Waals surface area contributed by atoms with Crippen molar-refractivity contribution >= 4 is 9.84 Å². The van der Waals surface area contributed by atoms with Crippen LogP contribution < -0.4 is 5.32 Å². The fourth-order valence-corrected chi connectivity index (χ4v) is 5.13. The van der Waals surface area contributed by atoms with Gasteiger partial charge < -0.3 is 5.32 Å². The zero-order valence-corrected chi connectivity index (χ0v) is 10.2. The molecule has 2 atom stereocenters. The Labute approximate surface area is 92.6 Å². The van der Waals surface area contributed by atoms with Gasteiger partial charge in [-0.2, -0.15) is 0 Å². The molecule has 15 heavy (non-hydrogen) atoms. The minimum Gasteiger partial charge on any atom is -0.316 e. The Morgan fingerprint density at radius 2 is 1.80 bits per heavy atom. The van der Waals surface area contributed by atoms with Gasteiger partial charge >= 0.3 is 0 Å². The SMILES string of the molecule is CNC(C1CCCC1)C1CCS(=O)(=O)C1. The Hall–Kier alpha value is -0.0900. The van der Waals surface area contributed by atoms with Crippen LogP contribution in [0.5, 0.6) is 0 Å². The molecule has 1 aliphatic heterocycles. The van der Waals surface area contributed by atoms with Crippen LogP contribution in [-0.2, 0) is 9.84 Å². The summed E-state index contributed by atoms with van der Waals surface area (Å²) < 4.78 is 22.9. The van der Waals surface area contributed by atoms with E-state index < -0.39 is 9.84 Å². The molecule has 0 aromatic rings. The molecule has 1 saturated heterocycles. The molecule has 0 amide bonds. The number of nitrogens with one attached hydrogen (secondary N) is 1. The molecular weight excluding hydrogens is 210 g/mol. The van der Waals surface area contributed by atoms with Crippen LogP contribution in [0.25, 0.3) is 0 Å². The highest BCUT2D eigenvalue weighted by molar-refractivity contribution is 7.91. The van der Waals surface area contributed by atoms with Crippen LogP contribution in [0.3, 0.4) is 0 Å². The molecule has 0 bridgehead atoms. The molecule has 0 spiro atoms. The van der Waals surface area contributed by atoms with Gasteiger partial charge in [0.1, 0.15) is 0 Å². The normalized spacial score (nSPS) is 33.3. The fraction of sp³-hybridized carbons (Fsp3) is 1.00. The molecule has 2 fully saturated rings. The van der Waals surface area contributed by atoms with Crippen LogP contribution in [0.2, 0.25) is 0 Å². The molecular formula is C11H21NO2S. The average molecular weight is 231 g/mol. The second kappa shape index (κ2) is 4.42. The van der Waals surface area contributed by atoms with E-state index in [4.69, 9.17) is 0 Å². The van der Waals surface area contributed by atoms with Gasteiger partial charge in [0.25, 0.3) is 0 Å². The van der Waals surface area contributed by atoms with Crippen LogP contribution in [0.15, 0.2) is 0 Å². The Bertz CT molecular complexity index is 307. The van der Waals surface area contributed by atoms with Crippen LogP contribution in [0, 0.1) is 11.8 Å². The fourth-order valence-electron chi connectivity index (χ4n) is 3.28. The first kappa shape index (κ1) is 11.4. The minimum absolute atomic E-state index is 0.364. The van der Waals surface area contributed by atoms with Crippen molar-refractivity contribution in [1.82, 2.24) is 5.32 Å². The van der Waals surface area contributed by atoms with E-state index in [1.54, 1.807) is 0 Å². The van der Waals surface area contributed by atoms with E-state index >= 15 is 0 Å². The lowest BCUT2D eigenvalue weighted by molar-refractivity contribution is 0.290. The maximum atomic E-state index is 11.4. The van der Waals surface area contributed by atoms with Crippen LogP contribution in [-0.4, -0.2) is 33.0 Å². The van der Waals surface area contributed by atoms with Gasteiger partial charge in [-0.1, -0.05) is 12.8 Å². The molecule has 1 saturated carbocycles. The minimum atomic E-state index is -2.72. The van der Waals surface area contributed by atoms with E-state index in [0.717, 1.165) is 6.42 Å². The molecule has 2 aliphatic rings. The Morgan fingerprint density at radius 3 is 2.27 bits per heavy atom. The largest absolute Gasteiger partial charge is 0.316 e. The maximum absolute atomic E-state index is 11.4. The van der Waals surface area contributed by atoms with Crippen LogP contribution >= 0.6 is 0 Å². The van der Waals surface area contributed by atoms with Crippen molar-refractivity contribution in [3.05, 3.63) is 0 Å². The Balaban J connectivity index is 2.01. The van der Waals surface area contributed by atoms with E-state index in [9.17, 15) is 8.42 Å². The van der Waals surface area contributed by atoms with Gasteiger partial charge in [0.15, 0.2) is 9.84 Å². The first-order valence-electron chi connectivity index (χ1n) is 6.00. The third-order valence-electron chi connectivity index (χ3n) is 4.02. The Morgan fingerprint density at radius 1 is 1.13 bits per heavy atom. The summed E-state index contributed by atoms with van der Waals surface area (Å²) in [6, 6.07) is 0.435. The van der Waals surface area contributed by atoms with Gasteiger partial charge in [0.2, 0.25) is 0 Å². The predicted molar refractivity (Wildman–Crippen MR) is 61.6 cm³/mol. The summed E-state index contributed by atoms with van der Waals surface area (Å²) >= 11 is 0. The van der Waals surface area contributed by atoms with Crippen LogP contribution in [0.1, 0.15) is 32.1 Å². The molecule has 0 aromatic carbocycles. The zero-order valence-electron chi connectivity index (χ0n) is 9.41. The standard InChI is InChI=1S/C11H21NO2S/c1-12-11(9-4-2-3-5-9)10-6-7-15(13,14)8-10/h9-12H,2-8H2,1H3. The third kappa shape index (κ3) is 2.53. The molecule has 0 radical (unpaired) electrons. The number of hydrogen-bond acceptors (Lipinski definition) is 3. The highest BCUT2D eigenvalue weighted by Gasteiger charge is 2.37. The predicted octanol–water partition coefficient (Wildman–Crippen LogP) is 1.20. The summed E-state index contributed by atoms with van der Waals surface area (Å²) in [5.41, 5.74) is 0. The van der Waals surface area contributed by atoms with Crippen molar-refractivity contribution in [2.75, 3.05) is 18.6 Å². The van der Waals surface area contributed by atoms with Crippen molar-refractivity contribution in [1.29, 1.82) is 0 Å². The molecule has 1 aliphatic carbocycles. The van der Waals surface area contributed by atoms with Crippen molar-refractivity contribution in [3.63, 3.8) is 0 Å². The maximum Gasteiger partial charge on any atom is 0.150 e. The van der Waals surface area contributed by atoms with Crippen molar-refractivity contribution in [3.8, 4) is 0 Å². The van der Waals surface area contributed by atoms with E-state index in [2.05, 4.69) is 5.32 Å². The summed E-state index contributed by atoms with van der Waals surface area (Å²) in [5.74, 6) is 1.90. The van der Waals surface area contributed by atoms with Gasteiger partial charge in [-0.3, -0.25) is 0 Å². The third-order valence-corrected chi connectivity index (χ3v) is 5.81. The van der Waals surface area contributed by atoms with E-state index in [1.807, 2.05) is 7.05 Å². The summed E-state index contributed by atoms with van der Waals surface area (Å²) in [4.78, 5) is 0. The molecule has 0 aromatic heterocycles. The van der Waals surface area contributed by atoms with E-state index in [1.165, 1.54) is 25.7 Å². The average Bonchev–Trinajstić information content (AvgIpc) is 2.77. The summed E-state index contributed by atoms with van der Waals surface area (Å²) in [6.07, 6.45) is 6.07. The zero-order chi connectivity index (χ0) is 10.9. The van der Waals surface area contributed by atoms with Crippen molar-refractivity contribution < 1.29 is 8.42 Å². The van der Waals surface area contributed by atoms with Gasteiger partial charge in [-0.05, 0) is 38.1 Å². The monoisotopic (exact) mass is 231 g/mol. The molecule has 3 nitrogen and oxygen atoms in total. The molecule has 4 heteroatoms. The quantitative estimate of drug-likeness (QED) is 0.794. The van der Waals surface area contributed by atoms with E-state index in [0.29, 0.717) is 29.4 Å². The second-order valence-electron chi connectivity index (χ2n) is 5.02. The van der Waals surface area contributed by atoms with Gasteiger partial charge in [-0.25, -0.2) is 8.42 Å². The smallest absolute Gasteiger partial charge is 0.150 e. The number of hydrogen-bond donors (Lipinski definition) is 1. The van der Waals surface area contributed by atoms with Gasteiger partial charge in [-0.15, -0.1) is 0 Å². The molecule has 1 heterocycles. The van der Waals surface area contributed by atoms with Gasteiger partial charge in [0, 0.05) is 6.04 Å². The lowest BCUT2D eigenvalue weighted by Crippen LogP contribution is -2.39. The topological polar surface area (TPSA) is 46.2 Å². The van der Waals surface area contributed by atoms with E-state index in [-0.39, 0.29) is 0 Å². The molecule has 2 unspecified atom stereocenters. The first-order chi connectivity index (χ1) is 7.12. The molecule has 88 valence electrons. The number of rotatable bonds is 3. The lowest BCUT2D eigenvalue weighted by atomic mass is 9.87. The second-order valence-corrected chi connectivity index (χ2v) is 7.25. The number of sulfone groups is 1.